The summed E-state index contributed by atoms with van der Waals surface area (Å²) in [6.45, 7) is 1.79. The molecule has 9 nitrogen and oxygen atoms in total. The van der Waals surface area contributed by atoms with Gasteiger partial charge in [0.25, 0.3) is 5.69 Å². The van der Waals surface area contributed by atoms with Gasteiger partial charge in [0.05, 0.1) is 22.4 Å². The van der Waals surface area contributed by atoms with E-state index in [-0.39, 0.29) is 12.1 Å². The summed E-state index contributed by atoms with van der Waals surface area (Å²) >= 11 is 0. The molecule has 4 atom stereocenters. The summed E-state index contributed by atoms with van der Waals surface area (Å²) in [5.41, 5.74) is 0.563. The number of fused-ring (bicyclic) bond motifs is 1. The van der Waals surface area contributed by atoms with E-state index in [9.17, 15) is 29.6 Å². The molecule has 5 rings (SSSR count). The first-order chi connectivity index (χ1) is 18.2. The van der Waals surface area contributed by atoms with E-state index in [0.717, 1.165) is 16.0 Å². The molecule has 0 radical (unpaired) electrons. The van der Waals surface area contributed by atoms with E-state index < -0.39 is 46.1 Å². The number of anilines is 1. The normalized spacial score (nSPS) is 24.7. The molecular weight excluding hydrogens is 486 g/mol. The topological polar surface area (TPSA) is 130 Å². The van der Waals surface area contributed by atoms with Gasteiger partial charge < -0.3 is 5.11 Å². The molecule has 0 aliphatic carbocycles. The number of nitro groups is 1. The lowest BCUT2D eigenvalue weighted by Gasteiger charge is -2.31. The second kappa shape index (κ2) is 9.68. The Labute approximate surface area is 218 Å². The number of aryl methyl sites for hydroxylation is 1. The average Bonchev–Trinajstić information content (AvgIpc) is 3.37. The zero-order valence-corrected chi connectivity index (χ0v) is 20.5. The third-order valence-corrected chi connectivity index (χ3v) is 7.36. The molecule has 4 unspecified atom stereocenters. The number of nitrogens with zero attached hydrogens (tertiary/aromatic N) is 2. The summed E-state index contributed by atoms with van der Waals surface area (Å²) in [6.07, 6.45) is 3.39. The van der Waals surface area contributed by atoms with Gasteiger partial charge in [0, 0.05) is 24.6 Å². The van der Waals surface area contributed by atoms with Crippen LogP contribution in [0.4, 0.5) is 11.4 Å². The number of para-hydroxylation sites is 1. The number of imide groups is 1. The fourth-order valence-corrected chi connectivity index (χ4v) is 5.54. The minimum absolute atomic E-state index is 0.128. The molecule has 3 aromatic carbocycles. The number of benzene rings is 3. The Morgan fingerprint density at radius 2 is 1.68 bits per heavy atom. The molecule has 2 N–H and O–H groups in total. The van der Waals surface area contributed by atoms with Crippen molar-refractivity contribution in [2.45, 2.75) is 24.9 Å². The summed E-state index contributed by atoms with van der Waals surface area (Å²) < 4.78 is 0. The molecule has 2 saturated heterocycles. The quantitative estimate of drug-likeness (QED) is 0.281. The van der Waals surface area contributed by atoms with Crippen molar-refractivity contribution in [3.8, 4) is 0 Å². The number of hydrogen-bond donors (Lipinski definition) is 2. The maximum Gasteiger partial charge on any atom is 0.325 e. The Morgan fingerprint density at radius 3 is 2.32 bits per heavy atom. The first kappa shape index (κ1) is 25.0. The van der Waals surface area contributed by atoms with Gasteiger partial charge in [0.2, 0.25) is 11.8 Å². The van der Waals surface area contributed by atoms with Crippen LogP contribution < -0.4 is 10.2 Å². The van der Waals surface area contributed by atoms with Crippen LogP contribution in [0.1, 0.15) is 16.7 Å². The van der Waals surface area contributed by atoms with Gasteiger partial charge in [-0.2, -0.15) is 0 Å². The number of carbonyl (C=O) groups is 3. The van der Waals surface area contributed by atoms with Gasteiger partial charge in [-0.25, -0.2) is 4.90 Å². The van der Waals surface area contributed by atoms with Crippen molar-refractivity contribution in [3.63, 3.8) is 0 Å². The second-order valence-electron chi connectivity index (χ2n) is 9.62. The number of rotatable bonds is 7. The van der Waals surface area contributed by atoms with Gasteiger partial charge in [-0.15, -0.1) is 0 Å². The van der Waals surface area contributed by atoms with Crippen LogP contribution in [0, 0.1) is 28.9 Å². The summed E-state index contributed by atoms with van der Waals surface area (Å²) in [5, 5.41) is 24.8. The molecule has 3 aromatic rings. The lowest BCUT2D eigenvalue weighted by Crippen LogP contribution is -2.58. The van der Waals surface area contributed by atoms with E-state index in [1.54, 1.807) is 43.3 Å². The van der Waals surface area contributed by atoms with E-state index in [2.05, 4.69) is 5.32 Å². The highest BCUT2D eigenvalue weighted by Crippen LogP contribution is 2.47. The molecule has 2 aliphatic heterocycles. The van der Waals surface area contributed by atoms with E-state index in [0.29, 0.717) is 11.3 Å². The van der Waals surface area contributed by atoms with Crippen LogP contribution >= 0.6 is 0 Å². The number of carboxylic acid groups (broad SMARTS) is 1. The number of nitro benzene ring substituents is 1. The molecule has 0 bridgehead atoms. The van der Waals surface area contributed by atoms with Crippen LogP contribution in [-0.2, 0) is 20.8 Å². The van der Waals surface area contributed by atoms with Crippen LogP contribution in [0.2, 0.25) is 0 Å². The molecule has 0 aromatic heterocycles. The number of nitrogens with one attached hydrogen (secondary N) is 1. The number of carbonyl (C=O) groups excluding carboxylic acids is 2. The van der Waals surface area contributed by atoms with Crippen molar-refractivity contribution in [2.75, 3.05) is 4.90 Å². The van der Waals surface area contributed by atoms with Crippen LogP contribution in [0.25, 0.3) is 6.08 Å². The van der Waals surface area contributed by atoms with Crippen molar-refractivity contribution in [1.82, 2.24) is 5.32 Å². The lowest BCUT2D eigenvalue weighted by molar-refractivity contribution is -0.384. The molecule has 38 heavy (non-hydrogen) atoms. The Balaban J connectivity index is 1.60. The van der Waals surface area contributed by atoms with Crippen LogP contribution in [-0.4, -0.2) is 39.4 Å². The molecule has 2 fully saturated rings. The smallest absolute Gasteiger partial charge is 0.325 e. The van der Waals surface area contributed by atoms with Crippen molar-refractivity contribution >= 4 is 35.2 Å². The number of carboxylic acids is 1. The average molecular weight is 512 g/mol. The van der Waals surface area contributed by atoms with Gasteiger partial charge in [0.15, 0.2) is 0 Å². The summed E-state index contributed by atoms with van der Waals surface area (Å²) in [6, 6.07) is 21.2. The molecule has 192 valence electrons. The molecule has 2 amide bonds. The molecule has 2 aliphatic rings. The molecule has 0 saturated carbocycles. The number of aliphatic carboxylic acids is 1. The van der Waals surface area contributed by atoms with Crippen molar-refractivity contribution < 1.29 is 24.4 Å². The highest BCUT2D eigenvalue weighted by atomic mass is 16.6. The first-order valence-corrected chi connectivity index (χ1v) is 12.1. The number of hydrogen-bond acceptors (Lipinski definition) is 6. The molecular formula is C29H25N3O6. The Morgan fingerprint density at radius 1 is 1.03 bits per heavy atom. The Hall–Kier alpha value is -4.63. The fraction of sp³-hybridized carbons (Fsp3) is 0.207. The minimum atomic E-state index is -1.81. The van der Waals surface area contributed by atoms with Crippen LogP contribution in [0.3, 0.4) is 0 Å². The fourth-order valence-electron chi connectivity index (χ4n) is 5.54. The van der Waals surface area contributed by atoms with Gasteiger partial charge in [-0.05, 0) is 29.7 Å². The predicted molar refractivity (Wildman–Crippen MR) is 140 cm³/mol. The monoisotopic (exact) mass is 511 g/mol. The van der Waals surface area contributed by atoms with E-state index in [1.165, 1.54) is 24.3 Å². The van der Waals surface area contributed by atoms with Gasteiger partial charge >= 0.3 is 5.97 Å². The van der Waals surface area contributed by atoms with Gasteiger partial charge in [-0.3, -0.25) is 29.8 Å². The zero-order valence-electron chi connectivity index (χ0n) is 20.5. The van der Waals surface area contributed by atoms with Crippen molar-refractivity contribution in [1.29, 1.82) is 0 Å². The van der Waals surface area contributed by atoms with E-state index in [4.69, 9.17) is 0 Å². The number of amides is 2. The summed E-state index contributed by atoms with van der Waals surface area (Å²) in [5.74, 6) is -4.45. The third kappa shape index (κ3) is 4.16. The maximum absolute atomic E-state index is 13.9. The molecule has 2 heterocycles. The number of non-ortho nitro benzene ring substituents is 1. The van der Waals surface area contributed by atoms with Crippen LogP contribution in [0.15, 0.2) is 84.9 Å². The maximum atomic E-state index is 13.9. The largest absolute Gasteiger partial charge is 0.480 e. The second-order valence-corrected chi connectivity index (χ2v) is 9.62. The molecule has 0 spiro atoms. The summed E-state index contributed by atoms with van der Waals surface area (Å²) in [7, 11) is 0. The standard InChI is InChI=1S/C29H25N3O6/c1-18-7-5-6-10-23(18)31-26(33)24-22(16-13-19-8-3-2-4-9-19)30-29(28(35)36,25(24)27(31)34)17-20-11-14-21(15-12-20)32(37)38/h2-16,22,24-25,30H,17H2,1H3,(H,35,36). The highest BCUT2D eigenvalue weighted by molar-refractivity contribution is 6.24. The SMILES string of the molecule is Cc1ccccc1N1C(=O)C2C(C=Cc3ccccc3)NC(Cc3ccc([N+](=O)[O-])cc3)(C(=O)O)C2C1=O. The van der Waals surface area contributed by atoms with Crippen LogP contribution in [0.5, 0.6) is 0 Å². The van der Waals surface area contributed by atoms with E-state index >= 15 is 0 Å². The highest BCUT2D eigenvalue weighted by Gasteiger charge is 2.68. The molecule has 9 heteroatoms. The van der Waals surface area contributed by atoms with Crippen molar-refractivity contribution in [2.24, 2.45) is 11.8 Å². The first-order valence-electron chi connectivity index (χ1n) is 12.1. The lowest BCUT2D eigenvalue weighted by atomic mass is 9.76. The Kier molecular flexibility index (Phi) is 6.38. The zero-order chi connectivity index (χ0) is 27.0. The van der Waals surface area contributed by atoms with Gasteiger partial charge in [-0.1, -0.05) is 72.8 Å². The van der Waals surface area contributed by atoms with Crippen molar-refractivity contribution in [3.05, 3.63) is 112 Å². The third-order valence-electron chi connectivity index (χ3n) is 7.36. The predicted octanol–water partition coefficient (Wildman–Crippen LogP) is 3.76. The summed E-state index contributed by atoms with van der Waals surface area (Å²) in [4.78, 5) is 52.3. The Bertz CT molecular complexity index is 1450. The minimum Gasteiger partial charge on any atom is -0.480 e. The van der Waals surface area contributed by atoms with Gasteiger partial charge in [0.1, 0.15) is 5.54 Å². The van der Waals surface area contributed by atoms with E-state index in [1.807, 2.05) is 30.3 Å².